The molecule has 3 saturated carbocycles. The van der Waals surface area contributed by atoms with Gasteiger partial charge in [0.25, 0.3) is 0 Å². The summed E-state index contributed by atoms with van der Waals surface area (Å²) in [7, 11) is 0. The Balaban J connectivity index is 1.77. The van der Waals surface area contributed by atoms with Gasteiger partial charge in [0.05, 0.1) is 11.7 Å². The number of rotatable bonds is 1. The largest absolute Gasteiger partial charge is 0.393 e. The van der Waals surface area contributed by atoms with Crippen molar-refractivity contribution in [2.45, 2.75) is 90.3 Å². The first-order valence-electron chi connectivity index (χ1n) is 9.97. The fourth-order valence-electron chi connectivity index (χ4n) is 7.59. The number of aliphatic hydroxyl groups excluding tert-OH is 1. The number of fused-ring (bicyclic) bond motifs is 5. The second kappa shape index (κ2) is 5.08. The van der Waals surface area contributed by atoms with Crippen molar-refractivity contribution in [1.29, 1.82) is 0 Å². The first kappa shape index (κ1) is 16.1. The molecule has 0 unspecified atom stereocenters. The molecule has 2 heteroatoms. The highest BCUT2D eigenvalue weighted by molar-refractivity contribution is 5.27. The lowest BCUT2D eigenvalue weighted by Gasteiger charge is -2.63. The molecule has 2 N–H and O–H groups in total. The van der Waals surface area contributed by atoms with Crippen molar-refractivity contribution >= 4 is 0 Å². The van der Waals surface area contributed by atoms with Crippen molar-refractivity contribution in [2.24, 2.45) is 28.6 Å². The average Bonchev–Trinajstić information content (AvgIpc) is 2.77. The molecule has 130 valence electrons. The zero-order valence-electron chi connectivity index (χ0n) is 15.1. The van der Waals surface area contributed by atoms with E-state index in [1.807, 2.05) is 0 Å². The highest BCUT2D eigenvalue weighted by Gasteiger charge is 2.68. The smallest absolute Gasteiger partial charge is 0.0736 e. The average molecular weight is 319 g/mol. The van der Waals surface area contributed by atoms with E-state index in [2.05, 4.69) is 26.8 Å². The molecule has 0 bridgehead atoms. The van der Waals surface area contributed by atoms with Gasteiger partial charge in [-0.1, -0.05) is 38.8 Å². The lowest BCUT2D eigenvalue weighted by Crippen LogP contribution is -2.64. The monoisotopic (exact) mass is 318 g/mol. The van der Waals surface area contributed by atoms with Crippen LogP contribution in [0.5, 0.6) is 0 Å². The lowest BCUT2D eigenvalue weighted by atomic mass is 9.44. The fraction of sp³-hybridized carbons (Fsp3) is 0.905. The molecule has 7 atom stereocenters. The van der Waals surface area contributed by atoms with Crippen molar-refractivity contribution in [3.8, 4) is 0 Å². The zero-order chi connectivity index (χ0) is 16.5. The van der Waals surface area contributed by atoms with E-state index in [9.17, 15) is 10.2 Å². The van der Waals surface area contributed by atoms with E-state index in [1.54, 1.807) is 5.57 Å². The Morgan fingerprint density at radius 2 is 2.00 bits per heavy atom. The molecule has 3 fully saturated rings. The summed E-state index contributed by atoms with van der Waals surface area (Å²) in [6.45, 7) is 6.92. The van der Waals surface area contributed by atoms with E-state index in [-0.39, 0.29) is 28.8 Å². The molecule has 0 aliphatic heterocycles. The van der Waals surface area contributed by atoms with Crippen LogP contribution in [-0.4, -0.2) is 21.9 Å². The van der Waals surface area contributed by atoms with E-state index in [4.69, 9.17) is 0 Å². The van der Waals surface area contributed by atoms with Crippen LogP contribution >= 0.6 is 0 Å². The topological polar surface area (TPSA) is 40.5 Å². The number of hydrogen-bond acceptors (Lipinski definition) is 2. The van der Waals surface area contributed by atoms with Crippen LogP contribution in [0.4, 0.5) is 0 Å². The second-order valence-corrected chi connectivity index (χ2v) is 9.47. The van der Waals surface area contributed by atoms with Crippen molar-refractivity contribution in [2.75, 3.05) is 0 Å². The summed E-state index contributed by atoms with van der Waals surface area (Å²) in [6.07, 6.45) is 12.1. The van der Waals surface area contributed by atoms with Crippen molar-refractivity contribution in [1.82, 2.24) is 0 Å². The van der Waals surface area contributed by atoms with E-state index in [1.165, 1.54) is 19.3 Å². The third-order valence-electron chi connectivity index (χ3n) is 8.84. The second-order valence-electron chi connectivity index (χ2n) is 9.47. The van der Waals surface area contributed by atoms with E-state index in [0.29, 0.717) is 5.92 Å². The lowest BCUT2D eigenvalue weighted by molar-refractivity contribution is -0.219. The molecule has 4 rings (SSSR count). The molecule has 0 heterocycles. The van der Waals surface area contributed by atoms with E-state index < -0.39 is 5.60 Å². The van der Waals surface area contributed by atoms with E-state index >= 15 is 0 Å². The van der Waals surface area contributed by atoms with Gasteiger partial charge in [0.15, 0.2) is 0 Å². The third-order valence-corrected chi connectivity index (χ3v) is 8.84. The molecule has 0 aromatic rings. The molecule has 0 aromatic carbocycles. The minimum Gasteiger partial charge on any atom is -0.393 e. The van der Waals surface area contributed by atoms with Gasteiger partial charge in [-0.05, 0) is 74.5 Å². The maximum atomic E-state index is 11.9. The Hall–Kier alpha value is -0.340. The van der Waals surface area contributed by atoms with Gasteiger partial charge in [-0.2, -0.15) is 0 Å². The number of allylic oxidation sites excluding steroid dienone is 2. The molecule has 0 radical (unpaired) electrons. The van der Waals surface area contributed by atoms with Crippen LogP contribution in [0, 0.1) is 28.6 Å². The summed E-state index contributed by atoms with van der Waals surface area (Å²) in [5.41, 5.74) is 1.07. The van der Waals surface area contributed by atoms with E-state index in [0.717, 1.165) is 38.5 Å². The van der Waals surface area contributed by atoms with Crippen LogP contribution in [0.15, 0.2) is 11.6 Å². The standard InChI is InChI=1S/C21H34O2/c1-4-14-10-12-21(23)16-9-8-15-7-5-6-11-19(15,2)18(16)17(22)13-20(14,21)3/h7,14,16-18,22-23H,4-6,8-13H2,1-3H3/t14-,16+,17-,18+,19-,20+,21+/m0/s1. The molecule has 2 nitrogen and oxygen atoms in total. The van der Waals surface area contributed by atoms with Gasteiger partial charge in [-0.3, -0.25) is 0 Å². The summed E-state index contributed by atoms with van der Waals surface area (Å²) in [5, 5.41) is 23.1. The van der Waals surface area contributed by atoms with Crippen LogP contribution in [-0.2, 0) is 0 Å². The Kier molecular flexibility index (Phi) is 3.57. The minimum absolute atomic E-state index is 0.0887. The molecular weight excluding hydrogens is 284 g/mol. The first-order valence-corrected chi connectivity index (χ1v) is 9.97. The van der Waals surface area contributed by atoms with Gasteiger partial charge in [0.1, 0.15) is 0 Å². The molecule has 0 saturated heterocycles. The fourth-order valence-corrected chi connectivity index (χ4v) is 7.59. The van der Waals surface area contributed by atoms with Gasteiger partial charge >= 0.3 is 0 Å². The maximum Gasteiger partial charge on any atom is 0.0736 e. The van der Waals surface area contributed by atoms with Crippen LogP contribution in [0.2, 0.25) is 0 Å². The summed E-state index contributed by atoms with van der Waals surface area (Å²) < 4.78 is 0. The maximum absolute atomic E-state index is 11.9. The molecule has 4 aliphatic carbocycles. The Morgan fingerprint density at radius 3 is 2.74 bits per heavy atom. The number of aliphatic hydroxyl groups is 2. The SMILES string of the molecule is CC[C@H]1CC[C@@]2(O)[C@@H]3CCC4=CCCC[C@]4(C)[C@H]3[C@@H](O)C[C@]12C. The van der Waals surface area contributed by atoms with Crippen LogP contribution in [0.1, 0.15) is 78.6 Å². The van der Waals surface area contributed by atoms with Crippen molar-refractivity contribution in [3.05, 3.63) is 11.6 Å². The van der Waals surface area contributed by atoms with Gasteiger partial charge in [0, 0.05) is 5.41 Å². The predicted molar refractivity (Wildman–Crippen MR) is 93.0 cm³/mol. The predicted octanol–water partition coefficient (Wildman–Crippen LogP) is 4.45. The Labute approximate surface area is 141 Å². The minimum atomic E-state index is -0.552. The summed E-state index contributed by atoms with van der Waals surface area (Å²) in [4.78, 5) is 0. The molecule has 23 heavy (non-hydrogen) atoms. The first-order chi connectivity index (χ1) is 10.9. The van der Waals surface area contributed by atoms with Gasteiger partial charge in [0.2, 0.25) is 0 Å². The van der Waals surface area contributed by atoms with Crippen molar-refractivity contribution in [3.63, 3.8) is 0 Å². The zero-order valence-corrected chi connectivity index (χ0v) is 15.1. The Morgan fingerprint density at radius 1 is 1.22 bits per heavy atom. The summed E-state index contributed by atoms with van der Waals surface area (Å²) >= 11 is 0. The quantitative estimate of drug-likeness (QED) is 0.701. The van der Waals surface area contributed by atoms with Crippen LogP contribution in [0.3, 0.4) is 0 Å². The highest BCUT2D eigenvalue weighted by atomic mass is 16.3. The number of hydrogen-bond donors (Lipinski definition) is 2. The van der Waals surface area contributed by atoms with Crippen LogP contribution < -0.4 is 0 Å². The van der Waals surface area contributed by atoms with Gasteiger partial charge in [-0.15, -0.1) is 0 Å². The summed E-state index contributed by atoms with van der Waals surface area (Å²) in [6, 6.07) is 0. The van der Waals surface area contributed by atoms with Crippen LogP contribution in [0.25, 0.3) is 0 Å². The normalized spacial score (nSPS) is 55.6. The molecule has 4 aliphatic rings. The Bertz CT molecular complexity index is 526. The highest BCUT2D eigenvalue weighted by Crippen LogP contribution is 2.68. The van der Waals surface area contributed by atoms with Crippen molar-refractivity contribution < 1.29 is 10.2 Å². The molecule has 0 spiro atoms. The molecule has 0 amide bonds. The summed E-state index contributed by atoms with van der Waals surface area (Å²) in [5.74, 6) is 1.11. The molecule has 0 aromatic heterocycles. The van der Waals surface area contributed by atoms with Gasteiger partial charge < -0.3 is 10.2 Å². The molecular formula is C21H34O2. The van der Waals surface area contributed by atoms with Gasteiger partial charge in [-0.25, -0.2) is 0 Å². The third kappa shape index (κ3) is 1.88.